The Bertz CT molecular complexity index is 745. The van der Waals surface area contributed by atoms with Crippen LogP contribution in [0.25, 0.3) is 0 Å². The topological polar surface area (TPSA) is 98.8 Å². The number of carbonyl (C=O) groups is 2. The Labute approximate surface area is 167 Å². The van der Waals surface area contributed by atoms with Crippen molar-refractivity contribution in [1.82, 2.24) is 19.8 Å². The summed E-state index contributed by atoms with van der Waals surface area (Å²) in [4.78, 5) is 28.7. The molecule has 2 N–H and O–H groups in total. The second-order valence-corrected chi connectivity index (χ2v) is 11.3. The van der Waals surface area contributed by atoms with E-state index in [4.69, 9.17) is 0 Å². The number of nitrogens with zero attached hydrogens (tertiary/aromatic N) is 2. The number of piperidine rings is 1. The van der Waals surface area contributed by atoms with Gasteiger partial charge in [-0.15, -0.1) is 0 Å². The van der Waals surface area contributed by atoms with E-state index >= 15 is 0 Å². The largest absolute Gasteiger partial charge is 0.326 e. The Hall–Kier alpha value is -1.19. The molecular weight excluding hydrogens is 380 g/mol. The fourth-order valence-corrected chi connectivity index (χ4v) is 6.95. The third-order valence-electron chi connectivity index (χ3n) is 7.09. The van der Waals surface area contributed by atoms with Crippen molar-refractivity contribution in [3.63, 3.8) is 0 Å². The maximum absolute atomic E-state index is 12.8. The summed E-state index contributed by atoms with van der Waals surface area (Å²) in [5.41, 5.74) is -0.305. The Kier molecular flexibility index (Phi) is 5.20. The highest BCUT2D eigenvalue weighted by molar-refractivity contribution is 7.90. The molecule has 4 aliphatic rings. The summed E-state index contributed by atoms with van der Waals surface area (Å²) in [7, 11) is -1.93. The maximum atomic E-state index is 12.8. The second-order valence-electron chi connectivity index (χ2n) is 9.34. The summed E-state index contributed by atoms with van der Waals surface area (Å²) in [5, 5.41) is 2.78. The molecule has 9 heteroatoms. The van der Waals surface area contributed by atoms with Crippen molar-refractivity contribution >= 4 is 22.0 Å². The first-order chi connectivity index (χ1) is 13.2. The number of carbonyl (C=O) groups excluding carboxylic acids is 2. The number of amides is 3. The van der Waals surface area contributed by atoms with Gasteiger partial charge in [0.1, 0.15) is 0 Å². The molecule has 0 radical (unpaired) electrons. The van der Waals surface area contributed by atoms with Crippen LogP contribution < -0.4 is 10.0 Å². The van der Waals surface area contributed by atoms with Crippen LogP contribution >= 0.6 is 0 Å². The van der Waals surface area contributed by atoms with E-state index in [9.17, 15) is 18.0 Å². The highest BCUT2D eigenvalue weighted by Gasteiger charge is 2.51. The number of fused-ring (bicyclic) bond motifs is 1. The molecule has 3 atom stereocenters. The van der Waals surface area contributed by atoms with Crippen LogP contribution in [-0.2, 0) is 14.8 Å². The van der Waals surface area contributed by atoms with Crippen molar-refractivity contribution in [1.29, 1.82) is 0 Å². The first-order valence-electron chi connectivity index (χ1n) is 10.5. The minimum absolute atomic E-state index is 0.172. The number of sulfonamides is 1. The zero-order valence-corrected chi connectivity index (χ0v) is 17.6. The summed E-state index contributed by atoms with van der Waals surface area (Å²) in [6.07, 6.45) is 5.16. The van der Waals surface area contributed by atoms with E-state index in [1.165, 1.54) is 11.9 Å². The molecule has 2 saturated carbocycles. The number of hydrogen-bond acceptors (Lipinski definition) is 5. The number of imide groups is 1. The van der Waals surface area contributed by atoms with E-state index in [0.717, 1.165) is 38.8 Å². The van der Waals surface area contributed by atoms with Crippen molar-refractivity contribution < 1.29 is 18.0 Å². The summed E-state index contributed by atoms with van der Waals surface area (Å²) in [6, 6.07) is -0.399. The molecule has 8 nitrogen and oxygen atoms in total. The van der Waals surface area contributed by atoms with E-state index < -0.39 is 21.2 Å². The van der Waals surface area contributed by atoms with Crippen LogP contribution in [-0.4, -0.2) is 73.7 Å². The maximum Gasteiger partial charge on any atom is 0.326 e. The van der Waals surface area contributed by atoms with Crippen molar-refractivity contribution in [2.24, 2.45) is 11.8 Å². The first-order valence-corrected chi connectivity index (χ1v) is 12.1. The summed E-state index contributed by atoms with van der Waals surface area (Å²) >= 11 is 0. The molecule has 4 fully saturated rings. The number of hydrogen-bond donors (Lipinski definition) is 2. The van der Waals surface area contributed by atoms with Gasteiger partial charge in [0.05, 0.1) is 11.2 Å². The minimum atomic E-state index is -3.46. The molecule has 2 saturated heterocycles. The summed E-state index contributed by atoms with van der Waals surface area (Å²) < 4.78 is 28.5. The van der Waals surface area contributed by atoms with Gasteiger partial charge in [-0.25, -0.2) is 17.9 Å². The van der Waals surface area contributed by atoms with Gasteiger partial charge in [-0.3, -0.25) is 9.69 Å². The summed E-state index contributed by atoms with van der Waals surface area (Å²) in [5.74, 6) is -0.216. The third-order valence-corrected chi connectivity index (χ3v) is 9.17. The van der Waals surface area contributed by atoms with Crippen LogP contribution in [0.5, 0.6) is 0 Å². The lowest BCUT2D eigenvalue weighted by atomic mass is 9.80. The second kappa shape index (κ2) is 7.25. The zero-order chi connectivity index (χ0) is 20.1. The van der Waals surface area contributed by atoms with E-state index in [-0.39, 0.29) is 23.5 Å². The highest BCUT2D eigenvalue weighted by atomic mass is 32.2. The fourth-order valence-electron chi connectivity index (χ4n) is 4.99. The molecule has 3 amide bonds. The minimum Gasteiger partial charge on any atom is -0.320 e. The highest BCUT2D eigenvalue weighted by Crippen LogP contribution is 2.40. The Balaban J connectivity index is 1.50. The van der Waals surface area contributed by atoms with Crippen molar-refractivity contribution in [2.75, 3.05) is 26.7 Å². The molecule has 0 aromatic heterocycles. The molecule has 3 unspecified atom stereocenters. The monoisotopic (exact) mass is 412 g/mol. The predicted molar refractivity (Wildman–Crippen MR) is 105 cm³/mol. The van der Waals surface area contributed by atoms with Gasteiger partial charge in [-0.2, -0.15) is 0 Å². The van der Waals surface area contributed by atoms with E-state index in [1.54, 1.807) is 0 Å². The molecule has 4 rings (SSSR count). The van der Waals surface area contributed by atoms with Gasteiger partial charge in [0.2, 0.25) is 15.9 Å². The average molecular weight is 413 g/mol. The van der Waals surface area contributed by atoms with Crippen LogP contribution in [0.1, 0.15) is 51.9 Å². The molecule has 28 heavy (non-hydrogen) atoms. The van der Waals surface area contributed by atoms with Crippen LogP contribution in [0.15, 0.2) is 0 Å². The van der Waals surface area contributed by atoms with Gasteiger partial charge >= 0.3 is 6.03 Å². The van der Waals surface area contributed by atoms with Crippen LogP contribution in [0.4, 0.5) is 4.79 Å². The molecule has 2 heterocycles. The van der Waals surface area contributed by atoms with E-state index in [1.807, 2.05) is 11.8 Å². The standard InChI is InChI=1S/C19H32N4O4S/c1-19(7-8-19)21-28(26,27)14-3-4-16-15(11-14)17(24)22(2)18(25)23(16)12-13-5-9-20-10-6-13/h13-16,20-21H,3-12H2,1-2H3. The lowest BCUT2D eigenvalue weighted by Crippen LogP contribution is -2.64. The smallest absolute Gasteiger partial charge is 0.320 e. The normalized spacial score (nSPS) is 33.7. The van der Waals surface area contributed by atoms with Gasteiger partial charge in [0, 0.05) is 25.2 Å². The molecular formula is C19H32N4O4S. The predicted octanol–water partition coefficient (Wildman–Crippen LogP) is 0.889. The van der Waals surface area contributed by atoms with Gasteiger partial charge in [-0.05, 0) is 70.9 Å². The molecule has 2 aliphatic carbocycles. The number of nitrogens with one attached hydrogen (secondary N) is 2. The van der Waals surface area contributed by atoms with Crippen molar-refractivity contribution in [2.45, 2.75) is 68.7 Å². The lowest BCUT2D eigenvalue weighted by molar-refractivity contribution is -0.139. The Morgan fingerprint density at radius 2 is 1.82 bits per heavy atom. The SMILES string of the molecule is CN1C(=O)C2CC(S(=O)(=O)NC3(C)CC3)CCC2N(CC2CCNCC2)C1=O. The zero-order valence-electron chi connectivity index (χ0n) is 16.8. The molecule has 0 bridgehead atoms. The van der Waals surface area contributed by atoms with Crippen LogP contribution in [0, 0.1) is 11.8 Å². The van der Waals surface area contributed by atoms with E-state index in [2.05, 4.69) is 10.0 Å². The lowest BCUT2D eigenvalue weighted by Gasteiger charge is -2.48. The fraction of sp³-hybridized carbons (Fsp3) is 0.895. The van der Waals surface area contributed by atoms with E-state index in [0.29, 0.717) is 31.7 Å². The molecule has 158 valence electrons. The van der Waals surface area contributed by atoms with Gasteiger partial charge in [0.25, 0.3) is 0 Å². The molecule has 0 aromatic carbocycles. The molecule has 0 aromatic rings. The average Bonchev–Trinajstić information content (AvgIpc) is 3.39. The number of rotatable bonds is 5. The van der Waals surface area contributed by atoms with Gasteiger partial charge in [0.15, 0.2) is 0 Å². The quantitative estimate of drug-likeness (QED) is 0.699. The van der Waals surface area contributed by atoms with Gasteiger partial charge < -0.3 is 10.2 Å². The molecule has 2 aliphatic heterocycles. The number of urea groups is 1. The van der Waals surface area contributed by atoms with Crippen LogP contribution in [0.3, 0.4) is 0 Å². The van der Waals surface area contributed by atoms with Gasteiger partial charge in [-0.1, -0.05) is 0 Å². The van der Waals surface area contributed by atoms with Crippen molar-refractivity contribution in [3.05, 3.63) is 0 Å². The van der Waals surface area contributed by atoms with Crippen LogP contribution in [0.2, 0.25) is 0 Å². The first kappa shape index (κ1) is 20.1. The Morgan fingerprint density at radius 1 is 1.14 bits per heavy atom. The van der Waals surface area contributed by atoms with Crippen molar-refractivity contribution in [3.8, 4) is 0 Å². The Morgan fingerprint density at radius 3 is 2.46 bits per heavy atom. The molecule has 0 spiro atoms. The third kappa shape index (κ3) is 3.80. The summed E-state index contributed by atoms with van der Waals surface area (Å²) in [6.45, 7) is 4.50.